The van der Waals surface area contributed by atoms with E-state index in [2.05, 4.69) is 4.98 Å². The molecule has 0 bridgehead atoms. The Morgan fingerprint density at radius 2 is 2.00 bits per heavy atom. The van der Waals surface area contributed by atoms with Crippen LogP contribution in [0.25, 0.3) is 10.8 Å². The lowest BCUT2D eigenvalue weighted by Crippen LogP contribution is -2.53. The van der Waals surface area contributed by atoms with Crippen molar-refractivity contribution in [3.63, 3.8) is 0 Å². The molecule has 0 radical (unpaired) electrons. The van der Waals surface area contributed by atoms with E-state index in [1.807, 2.05) is 37.3 Å². The summed E-state index contributed by atoms with van der Waals surface area (Å²) in [5.41, 5.74) is 0.243. The second kappa shape index (κ2) is 9.94. The number of anilines is 1. The molecule has 36 heavy (non-hydrogen) atoms. The average Bonchev–Trinajstić information content (AvgIpc) is 2.83. The monoisotopic (exact) mass is 488 g/mol. The summed E-state index contributed by atoms with van der Waals surface area (Å²) >= 11 is 0. The summed E-state index contributed by atoms with van der Waals surface area (Å²) in [5, 5.41) is 10.8. The molecule has 1 aliphatic heterocycles. The first-order valence-electron chi connectivity index (χ1n) is 11.9. The zero-order valence-corrected chi connectivity index (χ0v) is 20.9. The number of hydrogen-bond acceptors (Lipinski definition) is 5. The number of ether oxygens (including phenoxy) is 1. The van der Waals surface area contributed by atoms with E-state index in [0.29, 0.717) is 25.2 Å². The Kier molecular flexibility index (Phi) is 6.93. The van der Waals surface area contributed by atoms with E-state index < -0.39 is 29.5 Å². The highest BCUT2D eigenvalue weighted by Crippen LogP contribution is 2.33. The van der Waals surface area contributed by atoms with E-state index in [0.717, 1.165) is 22.4 Å². The van der Waals surface area contributed by atoms with E-state index in [-0.39, 0.29) is 17.7 Å². The maximum atomic E-state index is 15.0. The first-order chi connectivity index (χ1) is 17.1. The van der Waals surface area contributed by atoms with Crippen molar-refractivity contribution in [1.29, 1.82) is 5.26 Å². The molecule has 0 N–H and O–H groups in total. The number of hydrogen-bond donors (Lipinski definition) is 0. The molecule has 8 heteroatoms. The van der Waals surface area contributed by atoms with Crippen LogP contribution in [0, 0.1) is 24.1 Å². The molecule has 1 aliphatic rings. The summed E-state index contributed by atoms with van der Waals surface area (Å²) in [5.74, 6) is -0.938. The topological polar surface area (TPSA) is 86.5 Å². The Hall–Kier alpha value is -3.99. The number of fused-ring (bicyclic) bond motifs is 1. The van der Waals surface area contributed by atoms with Gasteiger partial charge in [0.05, 0.1) is 23.2 Å². The van der Waals surface area contributed by atoms with Crippen molar-refractivity contribution in [3.05, 3.63) is 71.2 Å². The Morgan fingerprint density at radius 1 is 1.22 bits per heavy atom. The normalized spacial score (nSPS) is 15.9. The van der Waals surface area contributed by atoms with Gasteiger partial charge in [-0.25, -0.2) is 14.2 Å². The molecule has 0 saturated carbocycles. The third-order valence-corrected chi connectivity index (χ3v) is 6.17. The van der Waals surface area contributed by atoms with Gasteiger partial charge < -0.3 is 9.64 Å². The van der Waals surface area contributed by atoms with Crippen LogP contribution in [0.2, 0.25) is 0 Å². The molecule has 1 aromatic heterocycles. The number of nitriles is 1. The fourth-order valence-corrected chi connectivity index (χ4v) is 4.55. The molecule has 186 valence electrons. The quantitative estimate of drug-likeness (QED) is 0.479. The molecule has 0 unspecified atom stereocenters. The van der Waals surface area contributed by atoms with Gasteiger partial charge in [0.2, 0.25) is 0 Å². The van der Waals surface area contributed by atoms with Crippen LogP contribution in [0.4, 0.5) is 15.0 Å². The maximum absolute atomic E-state index is 15.0. The summed E-state index contributed by atoms with van der Waals surface area (Å²) in [6.07, 6.45) is 2.42. The summed E-state index contributed by atoms with van der Waals surface area (Å²) in [6, 6.07) is 12.9. The molecule has 7 nitrogen and oxygen atoms in total. The van der Waals surface area contributed by atoms with Crippen molar-refractivity contribution in [2.45, 2.75) is 52.2 Å². The molecule has 0 aliphatic carbocycles. The number of benzene rings is 2. The number of pyridine rings is 1. The number of rotatable bonds is 3. The predicted molar refractivity (Wildman–Crippen MR) is 135 cm³/mol. The van der Waals surface area contributed by atoms with Gasteiger partial charge in [0.15, 0.2) is 0 Å². The molecule has 2 amide bonds. The lowest BCUT2D eigenvalue weighted by molar-refractivity contribution is 0.0196. The number of piperidine rings is 1. The minimum absolute atomic E-state index is 0.128. The molecule has 4 rings (SSSR count). The Labute approximate surface area is 210 Å². The summed E-state index contributed by atoms with van der Waals surface area (Å²) in [7, 11) is 0. The molecule has 2 heterocycles. The highest BCUT2D eigenvalue weighted by atomic mass is 19.1. The Bertz CT molecular complexity index is 1350. The van der Waals surface area contributed by atoms with Gasteiger partial charge in [0, 0.05) is 24.7 Å². The van der Waals surface area contributed by atoms with E-state index >= 15 is 4.39 Å². The van der Waals surface area contributed by atoms with Crippen molar-refractivity contribution in [2.24, 2.45) is 0 Å². The number of halogens is 1. The highest BCUT2D eigenvalue weighted by molar-refractivity contribution is 6.11. The first kappa shape index (κ1) is 25.1. The fraction of sp³-hybridized carbons (Fsp3) is 0.357. The molecular formula is C28H29FN4O3. The molecule has 1 saturated heterocycles. The van der Waals surface area contributed by atoms with Gasteiger partial charge in [-0.15, -0.1) is 0 Å². The van der Waals surface area contributed by atoms with Gasteiger partial charge in [0.25, 0.3) is 5.91 Å². The van der Waals surface area contributed by atoms with Crippen molar-refractivity contribution in [3.8, 4) is 6.07 Å². The zero-order valence-electron chi connectivity index (χ0n) is 20.9. The lowest BCUT2D eigenvalue weighted by Gasteiger charge is -2.39. The molecule has 1 atom stereocenters. The van der Waals surface area contributed by atoms with Crippen LogP contribution in [0.3, 0.4) is 0 Å². The highest BCUT2D eigenvalue weighted by Gasteiger charge is 2.36. The van der Waals surface area contributed by atoms with E-state index in [9.17, 15) is 9.59 Å². The van der Waals surface area contributed by atoms with Gasteiger partial charge in [-0.2, -0.15) is 5.26 Å². The van der Waals surface area contributed by atoms with Crippen LogP contribution in [0.5, 0.6) is 0 Å². The summed E-state index contributed by atoms with van der Waals surface area (Å²) in [6.45, 7) is 8.07. The van der Waals surface area contributed by atoms with Crippen molar-refractivity contribution >= 4 is 28.6 Å². The summed E-state index contributed by atoms with van der Waals surface area (Å²) in [4.78, 5) is 34.5. The number of amides is 2. The van der Waals surface area contributed by atoms with Gasteiger partial charge in [-0.3, -0.25) is 9.69 Å². The van der Waals surface area contributed by atoms with Crippen LogP contribution < -0.4 is 4.90 Å². The average molecular weight is 489 g/mol. The number of carbonyl (C=O) groups excluding carboxylic acids is 2. The lowest BCUT2D eigenvalue weighted by atomic mass is 10.00. The Morgan fingerprint density at radius 3 is 2.69 bits per heavy atom. The van der Waals surface area contributed by atoms with E-state index in [4.69, 9.17) is 10.00 Å². The minimum atomic E-state index is -0.777. The number of aromatic nitrogens is 1. The van der Waals surface area contributed by atoms with Crippen LogP contribution in [0.1, 0.15) is 55.1 Å². The second-order valence-electron chi connectivity index (χ2n) is 10.0. The van der Waals surface area contributed by atoms with Gasteiger partial charge in [-0.1, -0.05) is 18.2 Å². The molecule has 1 fully saturated rings. The molecule has 3 aromatic rings. The third-order valence-electron chi connectivity index (χ3n) is 6.17. The third kappa shape index (κ3) is 5.15. The van der Waals surface area contributed by atoms with Gasteiger partial charge in [-0.05, 0) is 75.8 Å². The summed E-state index contributed by atoms with van der Waals surface area (Å²) < 4.78 is 20.6. The molecule has 0 spiro atoms. The molecule has 2 aromatic carbocycles. The molecular weight excluding hydrogens is 459 g/mol. The minimum Gasteiger partial charge on any atom is -0.444 e. The zero-order chi connectivity index (χ0) is 26.0. The number of likely N-dealkylation sites (tertiary alicyclic amines) is 1. The van der Waals surface area contributed by atoms with Gasteiger partial charge in [0.1, 0.15) is 17.2 Å². The van der Waals surface area contributed by atoms with Crippen LogP contribution in [0.15, 0.2) is 48.7 Å². The van der Waals surface area contributed by atoms with E-state index in [1.165, 1.54) is 17.0 Å². The SMILES string of the molecule is Cc1cccc2ccnc(N(C(=O)c3ccc(C#N)cc3F)[C@@H]3CCCN(C(=O)OC(C)(C)C)C3)c12. The van der Waals surface area contributed by atoms with Crippen LogP contribution >= 0.6 is 0 Å². The van der Waals surface area contributed by atoms with Gasteiger partial charge >= 0.3 is 6.09 Å². The number of nitrogens with zero attached hydrogens (tertiary/aromatic N) is 4. The number of aryl methyl sites for hydroxylation is 1. The maximum Gasteiger partial charge on any atom is 0.410 e. The van der Waals surface area contributed by atoms with Crippen LogP contribution in [-0.2, 0) is 4.74 Å². The second-order valence-corrected chi connectivity index (χ2v) is 10.0. The van der Waals surface area contributed by atoms with Crippen LogP contribution in [-0.4, -0.2) is 46.6 Å². The predicted octanol–water partition coefficient (Wildman–Crippen LogP) is 5.60. The van der Waals surface area contributed by atoms with Crippen molar-refractivity contribution in [2.75, 3.05) is 18.0 Å². The first-order valence-corrected chi connectivity index (χ1v) is 11.9. The van der Waals surface area contributed by atoms with E-state index in [1.54, 1.807) is 31.9 Å². The largest absolute Gasteiger partial charge is 0.444 e. The fourth-order valence-electron chi connectivity index (χ4n) is 4.55. The van der Waals surface area contributed by atoms with Crippen molar-refractivity contribution < 1.29 is 18.7 Å². The smallest absolute Gasteiger partial charge is 0.410 e. The standard InChI is InChI=1S/C28H29FN4O3/c1-18-7-5-8-20-12-13-31-25(24(18)20)33(26(34)22-11-10-19(16-30)15-23(22)29)21-9-6-14-32(17-21)27(35)36-28(2,3)4/h5,7-8,10-13,15,21H,6,9,14,17H2,1-4H3/t21-/m1/s1. The van der Waals surface area contributed by atoms with Crippen molar-refractivity contribution in [1.82, 2.24) is 9.88 Å². The number of carbonyl (C=O) groups is 2. The Balaban J connectivity index is 1.81.